The molecule has 0 aliphatic heterocycles. The standard InChI is InChI=1S/C23H30N2O5/c1-15(2)21(23(28)30-16(3)22(27)24-12-13-29-4)25-20(26)14-18-10-7-9-17-8-5-6-11-19(17)18/h5-11,15-16,21H,12-14H2,1-4H3,(H,24,27)(H,25,26)/t16-,21+/m1/s1. The average Bonchev–Trinajstić information content (AvgIpc) is 2.72. The molecule has 7 nitrogen and oxygen atoms in total. The van der Waals surface area contributed by atoms with E-state index in [1.165, 1.54) is 14.0 Å². The minimum Gasteiger partial charge on any atom is -0.451 e. The summed E-state index contributed by atoms with van der Waals surface area (Å²) in [4.78, 5) is 37.2. The maximum atomic E-state index is 12.7. The lowest BCUT2D eigenvalue weighted by Crippen LogP contribution is -2.48. The zero-order valence-electron chi connectivity index (χ0n) is 17.9. The van der Waals surface area contributed by atoms with Crippen LogP contribution in [0.3, 0.4) is 0 Å². The number of amides is 2. The monoisotopic (exact) mass is 414 g/mol. The molecule has 0 saturated carbocycles. The summed E-state index contributed by atoms with van der Waals surface area (Å²) in [6.07, 6.45) is -0.823. The van der Waals surface area contributed by atoms with Crippen molar-refractivity contribution in [3.63, 3.8) is 0 Å². The van der Waals surface area contributed by atoms with Crippen LogP contribution in [0.25, 0.3) is 10.8 Å². The number of benzene rings is 2. The van der Waals surface area contributed by atoms with E-state index in [1.54, 1.807) is 0 Å². The molecule has 0 bridgehead atoms. The molecule has 0 heterocycles. The molecule has 30 heavy (non-hydrogen) atoms. The molecular formula is C23H30N2O5. The van der Waals surface area contributed by atoms with Crippen molar-refractivity contribution in [2.45, 2.75) is 39.3 Å². The molecular weight excluding hydrogens is 384 g/mol. The molecule has 7 heteroatoms. The summed E-state index contributed by atoms with van der Waals surface area (Å²) < 4.78 is 10.2. The summed E-state index contributed by atoms with van der Waals surface area (Å²) in [7, 11) is 1.53. The van der Waals surface area contributed by atoms with Gasteiger partial charge < -0.3 is 20.1 Å². The lowest BCUT2D eigenvalue weighted by Gasteiger charge is -2.23. The molecule has 0 aromatic heterocycles. The molecule has 0 radical (unpaired) electrons. The van der Waals surface area contributed by atoms with Crippen LogP contribution in [0.5, 0.6) is 0 Å². The fourth-order valence-corrected chi connectivity index (χ4v) is 3.06. The summed E-state index contributed by atoms with van der Waals surface area (Å²) in [5.74, 6) is -1.52. The smallest absolute Gasteiger partial charge is 0.329 e. The Balaban J connectivity index is 1.99. The Bertz CT molecular complexity index is 876. The van der Waals surface area contributed by atoms with Crippen molar-refractivity contribution < 1.29 is 23.9 Å². The van der Waals surface area contributed by atoms with Crippen molar-refractivity contribution in [2.75, 3.05) is 20.3 Å². The fraction of sp³-hybridized carbons (Fsp3) is 0.435. The average molecular weight is 415 g/mol. The first-order valence-electron chi connectivity index (χ1n) is 10.1. The fourth-order valence-electron chi connectivity index (χ4n) is 3.06. The Morgan fingerprint density at radius 1 is 1.00 bits per heavy atom. The molecule has 2 rings (SSSR count). The number of hydrogen-bond acceptors (Lipinski definition) is 5. The van der Waals surface area contributed by atoms with Gasteiger partial charge in [-0.1, -0.05) is 56.3 Å². The molecule has 0 aliphatic rings. The van der Waals surface area contributed by atoms with Gasteiger partial charge in [0.05, 0.1) is 13.0 Å². The predicted molar refractivity (Wildman–Crippen MR) is 115 cm³/mol. The second kappa shape index (κ2) is 11.3. The van der Waals surface area contributed by atoms with Crippen molar-refractivity contribution in [3.8, 4) is 0 Å². The van der Waals surface area contributed by atoms with Gasteiger partial charge in [0, 0.05) is 13.7 Å². The van der Waals surface area contributed by atoms with E-state index >= 15 is 0 Å². The molecule has 0 spiro atoms. The quantitative estimate of drug-likeness (QED) is 0.459. The van der Waals surface area contributed by atoms with Crippen molar-refractivity contribution >= 4 is 28.6 Å². The second-order valence-electron chi connectivity index (χ2n) is 7.47. The Kier molecular flexibility index (Phi) is 8.80. The Labute approximate surface area is 177 Å². The summed E-state index contributed by atoms with van der Waals surface area (Å²) in [5.41, 5.74) is 0.882. The van der Waals surface area contributed by atoms with Crippen LogP contribution in [-0.2, 0) is 30.3 Å². The second-order valence-corrected chi connectivity index (χ2v) is 7.47. The minimum absolute atomic E-state index is 0.144. The molecule has 0 aliphatic carbocycles. The molecule has 2 aromatic carbocycles. The third-order valence-corrected chi connectivity index (χ3v) is 4.74. The zero-order valence-corrected chi connectivity index (χ0v) is 17.9. The maximum Gasteiger partial charge on any atom is 0.329 e. The third-order valence-electron chi connectivity index (χ3n) is 4.74. The highest BCUT2D eigenvalue weighted by molar-refractivity contribution is 5.92. The van der Waals surface area contributed by atoms with Crippen molar-refractivity contribution in [3.05, 3.63) is 48.0 Å². The molecule has 2 N–H and O–H groups in total. The van der Waals surface area contributed by atoms with Crippen molar-refractivity contribution in [2.24, 2.45) is 5.92 Å². The first-order chi connectivity index (χ1) is 14.3. The van der Waals surface area contributed by atoms with E-state index in [-0.39, 0.29) is 18.2 Å². The molecule has 0 saturated heterocycles. The van der Waals surface area contributed by atoms with Crippen LogP contribution in [0.1, 0.15) is 26.3 Å². The molecule has 0 fully saturated rings. The number of methoxy groups -OCH3 is 1. The number of esters is 1. The van der Waals surface area contributed by atoms with Crippen molar-refractivity contribution in [1.29, 1.82) is 0 Å². The molecule has 2 amide bonds. The van der Waals surface area contributed by atoms with Gasteiger partial charge in [-0.2, -0.15) is 0 Å². The number of hydrogen-bond donors (Lipinski definition) is 2. The molecule has 2 aromatic rings. The summed E-state index contributed by atoms with van der Waals surface area (Å²) in [6, 6.07) is 12.8. The van der Waals surface area contributed by atoms with E-state index in [9.17, 15) is 14.4 Å². The van der Waals surface area contributed by atoms with Crippen LogP contribution in [0, 0.1) is 5.92 Å². The SMILES string of the molecule is COCCNC(=O)[C@@H](C)OC(=O)[C@@H](NC(=O)Cc1cccc2ccccc12)C(C)C. The summed E-state index contributed by atoms with van der Waals surface area (Å²) >= 11 is 0. The van der Waals surface area contributed by atoms with Gasteiger partial charge in [0.25, 0.3) is 5.91 Å². The van der Waals surface area contributed by atoms with E-state index in [2.05, 4.69) is 10.6 Å². The first-order valence-corrected chi connectivity index (χ1v) is 10.1. The molecule has 162 valence electrons. The largest absolute Gasteiger partial charge is 0.451 e. The van der Waals surface area contributed by atoms with Gasteiger partial charge in [0.1, 0.15) is 6.04 Å². The number of carbonyl (C=O) groups is 3. The number of fused-ring (bicyclic) bond motifs is 1. The van der Waals surface area contributed by atoms with Gasteiger partial charge in [-0.3, -0.25) is 9.59 Å². The summed E-state index contributed by atoms with van der Waals surface area (Å²) in [6.45, 7) is 5.81. The van der Waals surface area contributed by atoms with E-state index < -0.39 is 24.0 Å². The minimum atomic E-state index is -0.967. The van der Waals surface area contributed by atoms with Gasteiger partial charge in [0.2, 0.25) is 5.91 Å². The molecule has 2 atom stereocenters. The number of carbonyl (C=O) groups excluding carboxylic acids is 3. The van der Waals surface area contributed by atoms with E-state index in [4.69, 9.17) is 9.47 Å². The van der Waals surface area contributed by atoms with Gasteiger partial charge in [0.15, 0.2) is 6.10 Å². The van der Waals surface area contributed by atoms with Gasteiger partial charge in [-0.25, -0.2) is 4.79 Å². The zero-order chi connectivity index (χ0) is 22.1. The predicted octanol–water partition coefficient (Wildman–Crippen LogP) is 2.22. The van der Waals surface area contributed by atoms with Crippen LogP contribution in [-0.4, -0.2) is 50.2 Å². The number of rotatable bonds is 10. The Morgan fingerprint density at radius 3 is 2.40 bits per heavy atom. The van der Waals surface area contributed by atoms with Gasteiger partial charge >= 0.3 is 5.97 Å². The van der Waals surface area contributed by atoms with Gasteiger partial charge in [-0.15, -0.1) is 0 Å². The summed E-state index contributed by atoms with van der Waals surface area (Å²) in [5, 5.41) is 7.43. The lowest BCUT2D eigenvalue weighted by molar-refractivity contribution is -0.158. The van der Waals surface area contributed by atoms with Crippen molar-refractivity contribution in [1.82, 2.24) is 10.6 Å². The highest BCUT2D eigenvalue weighted by atomic mass is 16.5. The van der Waals surface area contributed by atoms with E-state index in [0.717, 1.165) is 16.3 Å². The molecule has 0 unspecified atom stereocenters. The Hall–Kier alpha value is -2.93. The number of ether oxygens (including phenoxy) is 2. The normalized spacial score (nSPS) is 13.0. The third kappa shape index (κ3) is 6.56. The van der Waals surface area contributed by atoms with Crippen LogP contribution in [0.2, 0.25) is 0 Å². The van der Waals surface area contributed by atoms with E-state index in [0.29, 0.717) is 13.2 Å². The highest BCUT2D eigenvalue weighted by Gasteiger charge is 2.29. The number of nitrogens with one attached hydrogen (secondary N) is 2. The first kappa shape index (κ1) is 23.3. The maximum absolute atomic E-state index is 12.7. The van der Waals surface area contributed by atoms with Crippen LogP contribution in [0.15, 0.2) is 42.5 Å². The van der Waals surface area contributed by atoms with Crippen LogP contribution < -0.4 is 10.6 Å². The highest BCUT2D eigenvalue weighted by Crippen LogP contribution is 2.19. The van der Waals surface area contributed by atoms with Gasteiger partial charge in [-0.05, 0) is 29.2 Å². The van der Waals surface area contributed by atoms with E-state index in [1.807, 2.05) is 56.3 Å². The lowest BCUT2D eigenvalue weighted by atomic mass is 10.0. The van der Waals surface area contributed by atoms with Crippen LogP contribution in [0.4, 0.5) is 0 Å². The topological polar surface area (TPSA) is 93.7 Å². The van der Waals surface area contributed by atoms with Crippen LogP contribution >= 0.6 is 0 Å². The Morgan fingerprint density at radius 2 is 1.70 bits per heavy atom.